The number of carboxylic acid groups (broad SMARTS) is 1. The summed E-state index contributed by atoms with van der Waals surface area (Å²) in [5, 5.41) is 12.2. The van der Waals surface area contributed by atoms with Crippen molar-refractivity contribution in [3.8, 4) is 0 Å². The van der Waals surface area contributed by atoms with E-state index in [0.29, 0.717) is 19.5 Å². The lowest BCUT2D eigenvalue weighted by molar-refractivity contribution is -0.153. The van der Waals surface area contributed by atoms with Gasteiger partial charge in [0.1, 0.15) is 5.54 Å². The van der Waals surface area contributed by atoms with E-state index in [1.54, 1.807) is 11.8 Å². The van der Waals surface area contributed by atoms with Gasteiger partial charge in [0.15, 0.2) is 0 Å². The van der Waals surface area contributed by atoms with Crippen molar-refractivity contribution in [3.05, 3.63) is 0 Å². The Bertz CT molecular complexity index is 307. The topological polar surface area (TPSA) is 69.6 Å². The van der Waals surface area contributed by atoms with Crippen molar-refractivity contribution in [3.63, 3.8) is 0 Å². The third-order valence-electron chi connectivity index (χ3n) is 3.69. The van der Waals surface area contributed by atoms with Gasteiger partial charge in [-0.2, -0.15) is 0 Å². The first kappa shape index (κ1) is 15.0. The van der Waals surface area contributed by atoms with Crippen molar-refractivity contribution < 1.29 is 14.7 Å². The summed E-state index contributed by atoms with van der Waals surface area (Å²) >= 11 is 0. The molecule has 0 radical (unpaired) electrons. The van der Waals surface area contributed by atoms with Crippen molar-refractivity contribution in [2.24, 2.45) is 0 Å². The van der Waals surface area contributed by atoms with Gasteiger partial charge in [-0.1, -0.05) is 13.3 Å². The summed E-state index contributed by atoms with van der Waals surface area (Å²) in [7, 11) is 0. The second kappa shape index (κ2) is 6.73. The van der Waals surface area contributed by atoms with Crippen LogP contribution in [-0.2, 0) is 9.59 Å². The zero-order valence-corrected chi connectivity index (χ0v) is 11.4. The number of hydrogen-bond acceptors (Lipinski definition) is 3. The van der Waals surface area contributed by atoms with Gasteiger partial charge in [0, 0.05) is 6.54 Å². The van der Waals surface area contributed by atoms with Crippen molar-refractivity contribution in [2.75, 3.05) is 19.6 Å². The number of aliphatic carboxylic acids is 1. The molecule has 1 rings (SSSR count). The van der Waals surface area contributed by atoms with Crippen LogP contribution in [0, 0.1) is 0 Å². The number of carbonyl (C=O) groups excluding carboxylic acids is 1. The maximum absolute atomic E-state index is 11.8. The molecule has 18 heavy (non-hydrogen) atoms. The summed E-state index contributed by atoms with van der Waals surface area (Å²) in [6.07, 6.45) is 4.49. The van der Waals surface area contributed by atoms with E-state index < -0.39 is 11.5 Å². The molecular formula is C13H24N2O3. The average molecular weight is 256 g/mol. The van der Waals surface area contributed by atoms with Crippen LogP contribution in [-0.4, -0.2) is 47.1 Å². The Morgan fingerprint density at radius 2 is 2.11 bits per heavy atom. The lowest BCUT2D eigenvalue weighted by Crippen LogP contribution is -2.57. The quantitative estimate of drug-likeness (QED) is 0.701. The van der Waals surface area contributed by atoms with Gasteiger partial charge in [-0.3, -0.25) is 14.5 Å². The molecule has 104 valence electrons. The van der Waals surface area contributed by atoms with E-state index in [1.807, 2.05) is 0 Å². The van der Waals surface area contributed by atoms with Crippen LogP contribution in [0.4, 0.5) is 0 Å². The minimum atomic E-state index is -0.889. The van der Waals surface area contributed by atoms with E-state index in [1.165, 1.54) is 0 Å². The summed E-state index contributed by atoms with van der Waals surface area (Å²) in [6.45, 7) is 5.33. The van der Waals surface area contributed by atoms with Gasteiger partial charge in [-0.15, -0.1) is 0 Å². The molecule has 0 aromatic heterocycles. The van der Waals surface area contributed by atoms with Crippen molar-refractivity contribution in [2.45, 2.75) is 51.5 Å². The standard InChI is InChI=1S/C13H24N2O3/c1-3-4-8-14-11(16)10-15-9-6-5-7-13(15,2)12(17)18/h3-10H2,1-2H3,(H,14,16)(H,17,18). The van der Waals surface area contributed by atoms with Gasteiger partial charge in [0.05, 0.1) is 6.54 Å². The Balaban J connectivity index is 2.52. The maximum Gasteiger partial charge on any atom is 0.323 e. The number of likely N-dealkylation sites (tertiary alicyclic amines) is 1. The SMILES string of the molecule is CCCCNC(=O)CN1CCCCC1(C)C(=O)O. The molecule has 0 spiro atoms. The predicted molar refractivity (Wildman–Crippen MR) is 69.4 cm³/mol. The highest BCUT2D eigenvalue weighted by molar-refractivity contribution is 5.82. The number of piperidine rings is 1. The van der Waals surface area contributed by atoms with E-state index in [-0.39, 0.29) is 12.5 Å². The van der Waals surface area contributed by atoms with Gasteiger partial charge in [0.2, 0.25) is 5.91 Å². The van der Waals surface area contributed by atoms with E-state index in [4.69, 9.17) is 0 Å². The zero-order valence-electron chi connectivity index (χ0n) is 11.4. The van der Waals surface area contributed by atoms with Crippen LogP contribution in [0.15, 0.2) is 0 Å². The minimum Gasteiger partial charge on any atom is -0.480 e. The van der Waals surface area contributed by atoms with E-state index in [0.717, 1.165) is 25.7 Å². The van der Waals surface area contributed by atoms with Crippen LogP contribution in [0.5, 0.6) is 0 Å². The van der Waals surface area contributed by atoms with E-state index in [9.17, 15) is 14.7 Å². The van der Waals surface area contributed by atoms with Gasteiger partial charge >= 0.3 is 5.97 Å². The second-order valence-electron chi connectivity index (χ2n) is 5.16. The van der Waals surface area contributed by atoms with Crippen LogP contribution in [0.3, 0.4) is 0 Å². The van der Waals surface area contributed by atoms with Crippen molar-refractivity contribution >= 4 is 11.9 Å². The molecule has 1 aliphatic rings. The maximum atomic E-state index is 11.8. The third-order valence-corrected chi connectivity index (χ3v) is 3.69. The predicted octanol–water partition coefficient (Wildman–Crippen LogP) is 1.23. The highest BCUT2D eigenvalue weighted by Gasteiger charge is 2.41. The fraction of sp³-hybridized carbons (Fsp3) is 0.846. The molecule has 0 aromatic carbocycles. The van der Waals surface area contributed by atoms with Gasteiger partial charge < -0.3 is 10.4 Å². The molecule has 1 aliphatic heterocycles. The summed E-state index contributed by atoms with van der Waals surface area (Å²) in [5.74, 6) is -0.901. The van der Waals surface area contributed by atoms with Crippen molar-refractivity contribution in [1.29, 1.82) is 0 Å². The first-order chi connectivity index (χ1) is 8.50. The fourth-order valence-electron chi connectivity index (χ4n) is 2.31. The molecule has 1 heterocycles. The molecule has 0 aliphatic carbocycles. The number of amides is 1. The molecular weight excluding hydrogens is 232 g/mol. The van der Waals surface area contributed by atoms with Gasteiger partial charge in [0.25, 0.3) is 0 Å². The molecule has 0 saturated carbocycles. The van der Waals surface area contributed by atoms with Crippen LogP contribution in [0.1, 0.15) is 46.0 Å². The first-order valence-electron chi connectivity index (χ1n) is 6.76. The zero-order chi connectivity index (χ0) is 13.6. The molecule has 0 aromatic rings. The summed E-state index contributed by atoms with van der Waals surface area (Å²) in [6, 6.07) is 0. The molecule has 0 bridgehead atoms. The number of hydrogen-bond donors (Lipinski definition) is 2. The number of nitrogens with one attached hydrogen (secondary N) is 1. The molecule has 1 saturated heterocycles. The fourth-order valence-corrected chi connectivity index (χ4v) is 2.31. The van der Waals surface area contributed by atoms with Crippen LogP contribution >= 0.6 is 0 Å². The number of unbranched alkanes of at least 4 members (excludes halogenated alkanes) is 1. The molecule has 1 atom stereocenters. The number of rotatable bonds is 6. The van der Waals surface area contributed by atoms with Crippen LogP contribution < -0.4 is 5.32 Å². The Kier molecular flexibility index (Phi) is 5.59. The highest BCUT2D eigenvalue weighted by atomic mass is 16.4. The second-order valence-corrected chi connectivity index (χ2v) is 5.16. The number of carbonyl (C=O) groups is 2. The molecule has 1 unspecified atom stereocenters. The van der Waals surface area contributed by atoms with Crippen molar-refractivity contribution in [1.82, 2.24) is 10.2 Å². The van der Waals surface area contributed by atoms with Gasteiger partial charge in [-0.25, -0.2) is 0 Å². The monoisotopic (exact) mass is 256 g/mol. The lowest BCUT2D eigenvalue weighted by atomic mass is 9.88. The highest BCUT2D eigenvalue weighted by Crippen LogP contribution is 2.27. The van der Waals surface area contributed by atoms with Crippen LogP contribution in [0.2, 0.25) is 0 Å². The Hall–Kier alpha value is -1.10. The summed E-state index contributed by atoms with van der Waals surface area (Å²) < 4.78 is 0. The summed E-state index contributed by atoms with van der Waals surface area (Å²) in [4.78, 5) is 24.9. The van der Waals surface area contributed by atoms with E-state index >= 15 is 0 Å². The normalized spacial score (nSPS) is 24.8. The Labute approximate surface area is 109 Å². The number of carboxylic acids is 1. The number of nitrogens with zero attached hydrogens (tertiary/aromatic N) is 1. The molecule has 5 heteroatoms. The van der Waals surface area contributed by atoms with E-state index in [2.05, 4.69) is 12.2 Å². The Morgan fingerprint density at radius 3 is 2.72 bits per heavy atom. The third kappa shape index (κ3) is 3.70. The first-order valence-corrected chi connectivity index (χ1v) is 6.76. The van der Waals surface area contributed by atoms with Gasteiger partial charge in [-0.05, 0) is 39.2 Å². The molecule has 2 N–H and O–H groups in total. The van der Waals surface area contributed by atoms with Crippen LogP contribution in [0.25, 0.3) is 0 Å². The lowest BCUT2D eigenvalue weighted by Gasteiger charge is -2.41. The Morgan fingerprint density at radius 1 is 1.39 bits per heavy atom. The summed E-state index contributed by atoms with van der Waals surface area (Å²) in [5.41, 5.74) is -0.889. The smallest absolute Gasteiger partial charge is 0.323 e. The average Bonchev–Trinajstić information content (AvgIpc) is 2.32. The minimum absolute atomic E-state index is 0.0715. The largest absolute Gasteiger partial charge is 0.480 e. The molecule has 1 fully saturated rings. The molecule has 5 nitrogen and oxygen atoms in total. The molecule has 1 amide bonds.